The fourth-order valence-corrected chi connectivity index (χ4v) is 3.14. The first kappa shape index (κ1) is 21.7. The molecule has 2 amide bonds. The van der Waals surface area contributed by atoms with Crippen molar-refractivity contribution in [2.24, 2.45) is 5.92 Å². The largest absolute Gasteiger partial charge is 0.411 e. The SMILES string of the molecule is CC(COCC(F)(F)F)NC(=O)C1CCN(C(=O)c2ccc(Br)cc2)CC1. The highest BCUT2D eigenvalue weighted by Crippen LogP contribution is 2.20. The number of benzene rings is 1. The second-order valence-electron chi connectivity index (χ2n) is 6.61. The summed E-state index contributed by atoms with van der Waals surface area (Å²) in [5.74, 6) is -0.548. The number of rotatable bonds is 6. The first-order chi connectivity index (χ1) is 12.7. The zero-order chi connectivity index (χ0) is 20.0. The van der Waals surface area contributed by atoms with Crippen molar-refractivity contribution in [3.63, 3.8) is 0 Å². The van der Waals surface area contributed by atoms with Gasteiger partial charge in [-0.1, -0.05) is 15.9 Å². The number of nitrogens with zero attached hydrogens (tertiary/aromatic N) is 1. The minimum atomic E-state index is -4.38. The van der Waals surface area contributed by atoms with Gasteiger partial charge in [0.15, 0.2) is 0 Å². The Morgan fingerprint density at radius 3 is 2.41 bits per heavy atom. The Morgan fingerprint density at radius 1 is 1.26 bits per heavy atom. The lowest BCUT2D eigenvalue weighted by Crippen LogP contribution is -2.45. The molecule has 2 rings (SSSR count). The van der Waals surface area contributed by atoms with Crippen molar-refractivity contribution in [2.45, 2.75) is 32.0 Å². The third-order valence-corrected chi connectivity index (χ3v) is 4.80. The lowest BCUT2D eigenvalue weighted by Gasteiger charge is -2.32. The topological polar surface area (TPSA) is 58.6 Å². The van der Waals surface area contributed by atoms with E-state index in [9.17, 15) is 22.8 Å². The molecule has 1 aliphatic rings. The van der Waals surface area contributed by atoms with E-state index in [1.807, 2.05) is 0 Å². The van der Waals surface area contributed by atoms with E-state index in [-0.39, 0.29) is 24.3 Å². The summed E-state index contributed by atoms with van der Waals surface area (Å²) in [7, 11) is 0. The highest BCUT2D eigenvalue weighted by atomic mass is 79.9. The van der Waals surface area contributed by atoms with Crippen LogP contribution >= 0.6 is 15.9 Å². The van der Waals surface area contributed by atoms with E-state index >= 15 is 0 Å². The number of carbonyl (C=O) groups excluding carboxylic acids is 2. The second kappa shape index (κ2) is 9.54. The van der Waals surface area contributed by atoms with E-state index in [0.717, 1.165) is 4.47 Å². The Hall–Kier alpha value is -1.61. The summed E-state index contributed by atoms with van der Waals surface area (Å²) < 4.78 is 41.6. The van der Waals surface area contributed by atoms with Gasteiger partial charge in [0.25, 0.3) is 5.91 Å². The Labute approximate surface area is 164 Å². The van der Waals surface area contributed by atoms with Crippen LogP contribution in [0.4, 0.5) is 13.2 Å². The van der Waals surface area contributed by atoms with Crippen molar-refractivity contribution in [3.8, 4) is 0 Å². The van der Waals surface area contributed by atoms with Gasteiger partial charge in [0.2, 0.25) is 5.91 Å². The van der Waals surface area contributed by atoms with Crippen molar-refractivity contribution in [2.75, 3.05) is 26.3 Å². The maximum atomic E-state index is 12.5. The summed E-state index contributed by atoms with van der Waals surface area (Å²) >= 11 is 3.33. The molecule has 0 saturated carbocycles. The van der Waals surface area contributed by atoms with Crippen molar-refractivity contribution in [1.82, 2.24) is 10.2 Å². The van der Waals surface area contributed by atoms with Gasteiger partial charge in [0, 0.05) is 35.1 Å². The van der Waals surface area contributed by atoms with Gasteiger partial charge in [0.1, 0.15) is 6.61 Å². The van der Waals surface area contributed by atoms with Gasteiger partial charge in [-0.3, -0.25) is 9.59 Å². The number of piperidine rings is 1. The Morgan fingerprint density at radius 2 is 1.85 bits per heavy atom. The average molecular weight is 451 g/mol. The third kappa shape index (κ3) is 7.14. The maximum absolute atomic E-state index is 12.5. The fourth-order valence-electron chi connectivity index (χ4n) is 2.87. The van der Waals surface area contributed by atoms with E-state index in [4.69, 9.17) is 0 Å². The lowest BCUT2D eigenvalue weighted by molar-refractivity contribution is -0.175. The number of alkyl halides is 3. The van der Waals surface area contributed by atoms with Crippen molar-refractivity contribution in [1.29, 1.82) is 0 Å². The summed E-state index contributed by atoms with van der Waals surface area (Å²) in [5, 5.41) is 2.68. The number of ether oxygens (including phenoxy) is 1. The van der Waals surface area contributed by atoms with Gasteiger partial charge < -0.3 is 15.0 Å². The molecule has 1 atom stereocenters. The molecule has 1 aromatic rings. The molecule has 1 saturated heterocycles. The van der Waals surface area contributed by atoms with E-state index in [1.165, 1.54) is 0 Å². The molecule has 1 aliphatic heterocycles. The zero-order valence-electron chi connectivity index (χ0n) is 14.9. The summed E-state index contributed by atoms with van der Waals surface area (Å²) in [6.07, 6.45) is -3.34. The number of likely N-dealkylation sites (tertiary alicyclic amines) is 1. The van der Waals surface area contributed by atoms with Crippen LogP contribution in [0.1, 0.15) is 30.1 Å². The molecule has 1 N–H and O–H groups in total. The normalized spacial score (nSPS) is 16.9. The Kier molecular flexibility index (Phi) is 7.67. The first-order valence-electron chi connectivity index (χ1n) is 8.65. The minimum absolute atomic E-state index is 0.0738. The van der Waals surface area contributed by atoms with Gasteiger partial charge in [-0.05, 0) is 44.0 Å². The van der Waals surface area contributed by atoms with E-state index in [1.54, 1.807) is 36.1 Å². The molecule has 5 nitrogen and oxygen atoms in total. The average Bonchev–Trinajstić information content (AvgIpc) is 2.60. The highest BCUT2D eigenvalue weighted by molar-refractivity contribution is 9.10. The van der Waals surface area contributed by atoms with Crippen LogP contribution in [0.3, 0.4) is 0 Å². The van der Waals surface area contributed by atoms with Crippen LogP contribution in [-0.4, -0.2) is 55.2 Å². The van der Waals surface area contributed by atoms with Crippen molar-refractivity contribution < 1.29 is 27.5 Å². The van der Waals surface area contributed by atoms with Gasteiger partial charge in [-0.15, -0.1) is 0 Å². The standard InChI is InChI=1S/C18H22BrF3N2O3/c1-12(10-27-11-18(20,21)22)23-16(25)13-6-8-24(9-7-13)17(26)14-2-4-15(19)5-3-14/h2-5,12-13H,6-11H2,1H3,(H,23,25). The number of halogens is 4. The lowest BCUT2D eigenvalue weighted by atomic mass is 9.95. The molecule has 27 heavy (non-hydrogen) atoms. The molecule has 150 valence electrons. The molecule has 0 radical (unpaired) electrons. The minimum Gasteiger partial charge on any atom is -0.370 e. The van der Waals surface area contributed by atoms with Crippen LogP contribution in [0.25, 0.3) is 0 Å². The molecule has 9 heteroatoms. The van der Waals surface area contributed by atoms with E-state index < -0.39 is 18.8 Å². The van der Waals surface area contributed by atoms with E-state index in [0.29, 0.717) is 31.5 Å². The third-order valence-electron chi connectivity index (χ3n) is 4.27. The molecular formula is C18H22BrF3N2O3. The Bertz CT molecular complexity index is 644. The molecule has 1 heterocycles. The molecule has 0 aromatic heterocycles. The van der Waals surface area contributed by atoms with Crippen LogP contribution in [0, 0.1) is 5.92 Å². The summed E-state index contributed by atoms with van der Waals surface area (Å²) in [4.78, 5) is 26.4. The fraction of sp³-hybridized carbons (Fsp3) is 0.556. The molecule has 1 unspecified atom stereocenters. The zero-order valence-corrected chi connectivity index (χ0v) is 16.5. The summed E-state index contributed by atoms with van der Waals surface area (Å²) in [6, 6.07) is 6.58. The maximum Gasteiger partial charge on any atom is 0.411 e. The van der Waals surface area contributed by atoms with Crippen LogP contribution in [-0.2, 0) is 9.53 Å². The highest BCUT2D eigenvalue weighted by Gasteiger charge is 2.30. The molecule has 0 bridgehead atoms. The van der Waals surface area contributed by atoms with Crippen LogP contribution in [0.15, 0.2) is 28.7 Å². The summed E-state index contributed by atoms with van der Waals surface area (Å²) in [6.45, 7) is 0.994. The van der Waals surface area contributed by atoms with Gasteiger partial charge in [-0.2, -0.15) is 13.2 Å². The predicted octanol–water partition coefficient (Wildman–Crippen LogP) is 3.38. The monoisotopic (exact) mass is 450 g/mol. The molecule has 0 spiro atoms. The molecule has 0 aliphatic carbocycles. The van der Waals surface area contributed by atoms with Gasteiger partial charge in [-0.25, -0.2) is 0 Å². The van der Waals surface area contributed by atoms with Gasteiger partial charge >= 0.3 is 6.18 Å². The number of nitrogens with one attached hydrogen (secondary N) is 1. The van der Waals surface area contributed by atoms with Crippen LogP contribution < -0.4 is 5.32 Å². The smallest absolute Gasteiger partial charge is 0.370 e. The number of carbonyl (C=O) groups is 2. The predicted molar refractivity (Wildman–Crippen MR) is 97.2 cm³/mol. The van der Waals surface area contributed by atoms with E-state index in [2.05, 4.69) is 26.0 Å². The Balaban J connectivity index is 1.75. The molecular weight excluding hydrogens is 429 g/mol. The van der Waals surface area contributed by atoms with Crippen LogP contribution in [0.2, 0.25) is 0 Å². The van der Waals surface area contributed by atoms with Gasteiger partial charge in [0.05, 0.1) is 6.61 Å². The number of amides is 2. The molecule has 1 aromatic carbocycles. The second-order valence-corrected chi connectivity index (χ2v) is 7.53. The summed E-state index contributed by atoms with van der Waals surface area (Å²) in [5.41, 5.74) is 0.594. The van der Waals surface area contributed by atoms with Crippen molar-refractivity contribution in [3.05, 3.63) is 34.3 Å². The van der Waals surface area contributed by atoms with Crippen molar-refractivity contribution >= 4 is 27.7 Å². The quantitative estimate of drug-likeness (QED) is 0.722. The number of hydrogen-bond donors (Lipinski definition) is 1. The number of hydrogen-bond acceptors (Lipinski definition) is 3. The molecule has 1 fully saturated rings. The van der Waals surface area contributed by atoms with Crippen LogP contribution in [0.5, 0.6) is 0 Å². The first-order valence-corrected chi connectivity index (χ1v) is 9.44.